The fourth-order valence-corrected chi connectivity index (χ4v) is 1.84. The van der Waals surface area contributed by atoms with Crippen molar-refractivity contribution in [3.8, 4) is 5.75 Å². The standard InChI is InChI=1S/C17H19N3O2/c1-2-12-22-16-8-5-7-15(13-16)20-17(21)19-11-9-14-6-3-4-10-18-14/h2-8,10,13H,1,9,11-12H2,(H2,19,20,21). The van der Waals surface area contributed by atoms with Gasteiger partial charge >= 0.3 is 6.03 Å². The highest BCUT2D eigenvalue weighted by Crippen LogP contribution is 2.17. The molecule has 1 aromatic carbocycles. The predicted molar refractivity (Wildman–Crippen MR) is 87.1 cm³/mol. The summed E-state index contributed by atoms with van der Waals surface area (Å²) in [5.74, 6) is 0.686. The number of ether oxygens (including phenoxy) is 1. The van der Waals surface area contributed by atoms with Gasteiger partial charge in [-0.2, -0.15) is 0 Å². The molecule has 22 heavy (non-hydrogen) atoms. The maximum atomic E-state index is 11.8. The number of rotatable bonds is 7. The first-order valence-electron chi connectivity index (χ1n) is 7.06. The van der Waals surface area contributed by atoms with Crippen LogP contribution < -0.4 is 15.4 Å². The molecule has 0 aliphatic rings. The minimum Gasteiger partial charge on any atom is -0.489 e. The Balaban J connectivity index is 1.78. The molecule has 2 rings (SSSR count). The second kappa shape index (κ2) is 8.46. The van der Waals surface area contributed by atoms with Crippen LogP contribution in [0.4, 0.5) is 10.5 Å². The number of carbonyl (C=O) groups is 1. The summed E-state index contributed by atoms with van der Waals surface area (Å²) in [6.45, 7) is 4.55. The fraction of sp³-hybridized carbons (Fsp3) is 0.176. The monoisotopic (exact) mass is 297 g/mol. The predicted octanol–water partition coefficient (Wildman–Crippen LogP) is 3.01. The minimum absolute atomic E-state index is 0.253. The van der Waals surface area contributed by atoms with Crippen LogP contribution in [0.25, 0.3) is 0 Å². The zero-order valence-electron chi connectivity index (χ0n) is 12.3. The number of nitrogens with zero attached hydrogens (tertiary/aromatic N) is 1. The zero-order valence-corrected chi connectivity index (χ0v) is 12.3. The van der Waals surface area contributed by atoms with Gasteiger partial charge in [0.15, 0.2) is 0 Å². The van der Waals surface area contributed by atoms with Crippen molar-refractivity contribution in [2.45, 2.75) is 6.42 Å². The number of carbonyl (C=O) groups excluding carboxylic acids is 1. The zero-order chi connectivity index (χ0) is 15.6. The Labute approximate surface area is 130 Å². The molecule has 2 amide bonds. The quantitative estimate of drug-likeness (QED) is 0.772. The van der Waals surface area contributed by atoms with E-state index in [-0.39, 0.29) is 6.03 Å². The summed E-state index contributed by atoms with van der Waals surface area (Å²) in [6.07, 6.45) is 4.10. The van der Waals surface area contributed by atoms with E-state index < -0.39 is 0 Å². The van der Waals surface area contributed by atoms with Crippen molar-refractivity contribution in [2.75, 3.05) is 18.5 Å². The molecule has 5 heteroatoms. The molecule has 0 aliphatic carbocycles. The molecular weight excluding hydrogens is 278 g/mol. The molecule has 0 spiro atoms. The Morgan fingerprint density at radius 2 is 2.18 bits per heavy atom. The molecular formula is C17H19N3O2. The average Bonchev–Trinajstić information content (AvgIpc) is 2.54. The van der Waals surface area contributed by atoms with E-state index in [0.29, 0.717) is 31.0 Å². The number of urea groups is 1. The van der Waals surface area contributed by atoms with Crippen molar-refractivity contribution in [1.82, 2.24) is 10.3 Å². The number of nitrogens with one attached hydrogen (secondary N) is 2. The van der Waals surface area contributed by atoms with E-state index in [9.17, 15) is 4.79 Å². The molecule has 114 valence electrons. The highest BCUT2D eigenvalue weighted by molar-refractivity contribution is 5.89. The Bertz CT molecular complexity index is 614. The molecule has 5 nitrogen and oxygen atoms in total. The van der Waals surface area contributed by atoms with Crippen LogP contribution in [0.3, 0.4) is 0 Å². The minimum atomic E-state index is -0.253. The van der Waals surface area contributed by atoms with E-state index in [1.165, 1.54) is 0 Å². The third-order valence-corrected chi connectivity index (χ3v) is 2.85. The average molecular weight is 297 g/mol. The van der Waals surface area contributed by atoms with Crippen LogP contribution in [0.2, 0.25) is 0 Å². The first-order chi connectivity index (χ1) is 10.8. The van der Waals surface area contributed by atoms with Gasteiger partial charge < -0.3 is 15.4 Å². The summed E-state index contributed by atoms with van der Waals surface area (Å²) in [5.41, 5.74) is 1.62. The lowest BCUT2D eigenvalue weighted by atomic mass is 10.3. The Morgan fingerprint density at radius 1 is 1.27 bits per heavy atom. The van der Waals surface area contributed by atoms with Gasteiger partial charge in [0.25, 0.3) is 0 Å². The number of benzene rings is 1. The van der Waals surface area contributed by atoms with Crippen LogP contribution in [0, 0.1) is 0 Å². The van der Waals surface area contributed by atoms with Crippen molar-refractivity contribution in [3.05, 3.63) is 67.0 Å². The van der Waals surface area contributed by atoms with Gasteiger partial charge in [-0.3, -0.25) is 4.98 Å². The van der Waals surface area contributed by atoms with E-state index in [2.05, 4.69) is 22.2 Å². The highest BCUT2D eigenvalue weighted by atomic mass is 16.5. The third-order valence-electron chi connectivity index (χ3n) is 2.85. The smallest absolute Gasteiger partial charge is 0.319 e. The largest absolute Gasteiger partial charge is 0.489 e. The molecule has 0 bridgehead atoms. The van der Waals surface area contributed by atoms with E-state index in [1.807, 2.05) is 30.3 Å². The summed E-state index contributed by atoms with van der Waals surface area (Å²) in [7, 11) is 0. The number of pyridine rings is 1. The van der Waals surface area contributed by atoms with Gasteiger partial charge in [0.1, 0.15) is 12.4 Å². The van der Waals surface area contributed by atoms with Gasteiger partial charge in [0, 0.05) is 36.6 Å². The van der Waals surface area contributed by atoms with Crippen LogP contribution in [0.15, 0.2) is 61.3 Å². The summed E-state index contributed by atoms with van der Waals surface area (Å²) >= 11 is 0. The maximum absolute atomic E-state index is 11.8. The lowest BCUT2D eigenvalue weighted by molar-refractivity contribution is 0.252. The lowest BCUT2D eigenvalue weighted by Gasteiger charge is -2.09. The SMILES string of the molecule is C=CCOc1cccc(NC(=O)NCCc2ccccn2)c1. The lowest BCUT2D eigenvalue weighted by Crippen LogP contribution is -2.30. The number of hydrogen-bond donors (Lipinski definition) is 2. The van der Waals surface area contributed by atoms with Crippen molar-refractivity contribution >= 4 is 11.7 Å². The summed E-state index contributed by atoms with van der Waals surface area (Å²) < 4.78 is 5.42. The molecule has 1 aromatic heterocycles. The fourth-order valence-electron chi connectivity index (χ4n) is 1.84. The van der Waals surface area contributed by atoms with Crippen LogP contribution in [-0.2, 0) is 6.42 Å². The molecule has 0 saturated heterocycles. The number of amides is 2. The Morgan fingerprint density at radius 3 is 2.95 bits per heavy atom. The first kappa shape index (κ1) is 15.6. The molecule has 0 unspecified atom stereocenters. The summed E-state index contributed by atoms with van der Waals surface area (Å²) in [5, 5.41) is 5.56. The molecule has 0 radical (unpaired) electrons. The van der Waals surface area contributed by atoms with Gasteiger partial charge in [0.05, 0.1) is 0 Å². The Kier molecular flexibility index (Phi) is 5.99. The van der Waals surface area contributed by atoms with Gasteiger partial charge in [0.2, 0.25) is 0 Å². The highest BCUT2D eigenvalue weighted by Gasteiger charge is 2.03. The molecule has 2 N–H and O–H groups in total. The van der Waals surface area contributed by atoms with Crippen LogP contribution in [0.1, 0.15) is 5.69 Å². The van der Waals surface area contributed by atoms with E-state index in [4.69, 9.17) is 4.74 Å². The first-order valence-corrected chi connectivity index (χ1v) is 7.06. The Hall–Kier alpha value is -2.82. The number of aromatic nitrogens is 1. The van der Waals surface area contributed by atoms with Crippen LogP contribution in [0.5, 0.6) is 5.75 Å². The molecule has 2 aromatic rings. The van der Waals surface area contributed by atoms with Gasteiger partial charge in [-0.25, -0.2) is 4.79 Å². The molecule has 0 saturated carbocycles. The van der Waals surface area contributed by atoms with Crippen molar-refractivity contribution in [1.29, 1.82) is 0 Å². The molecule has 0 aliphatic heterocycles. The van der Waals surface area contributed by atoms with Crippen molar-refractivity contribution in [3.63, 3.8) is 0 Å². The van der Waals surface area contributed by atoms with Crippen LogP contribution >= 0.6 is 0 Å². The summed E-state index contributed by atoms with van der Waals surface area (Å²) in [6, 6.07) is 12.7. The van der Waals surface area contributed by atoms with Gasteiger partial charge in [-0.1, -0.05) is 24.8 Å². The third kappa shape index (κ3) is 5.28. The molecule has 1 heterocycles. The van der Waals surface area contributed by atoms with E-state index in [0.717, 1.165) is 5.69 Å². The van der Waals surface area contributed by atoms with E-state index in [1.54, 1.807) is 24.4 Å². The second-order valence-electron chi connectivity index (χ2n) is 4.58. The van der Waals surface area contributed by atoms with Gasteiger partial charge in [-0.05, 0) is 24.3 Å². The number of hydrogen-bond acceptors (Lipinski definition) is 3. The summed E-state index contributed by atoms with van der Waals surface area (Å²) in [4.78, 5) is 16.0. The topological polar surface area (TPSA) is 63.2 Å². The number of anilines is 1. The molecule has 0 atom stereocenters. The maximum Gasteiger partial charge on any atom is 0.319 e. The van der Waals surface area contributed by atoms with E-state index >= 15 is 0 Å². The second-order valence-corrected chi connectivity index (χ2v) is 4.58. The van der Waals surface area contributed by atoms with Crippen molar-refractivity contribution in [2.24, 2.45) is 0 Å². The van der Waals surface area contributed by atoms with Gasteiger partial charge in [-0.15, -0.1) is 0 Å². The van der Waals surface area contributed by atoms with Crippen LogP contribution in [-0.4, -0.2) is 24.2 Å². The molecule has 0 fully saturated rings. The van der Waals surface area contributed by atoms with Crippen molar-refractivity contribution < 1.29 is 9.53 Å². The normalized spacial score (nSPS) is 9.82.